The highest BCUT2D eigenvalue weighted by Crippen LogP contribution is 2.41. The van der Waals surface area contributed by atoms with Crippen LogP contribution in [0.15, 0.2) is 35.6 Å². The number of pyridine rings is 1. The molecule has 3 rings (SSSR count). The Morgan fingerprint density at radius 1 is 1.47 bits per heavy atom. The van der Waals surface area contributed by atoms with Gasteiger partial charge in [0.15, 0.2) is 5.82 Å². The maximum atomic E-state index is 4.58. The summed E-state index contributed by atoms with van der Waals surface area (Å²) < 4.78 is 1.84. The van der Waals surface area contributed by atoms with Crippen LogP contribution in [-0.4, -0.2) is 20.5 Å². The van der Waals surface area contributed by atoms with Crippen LogP contribution in [0.1, 0.15) is 31.2 Å². The molecule has 0 N–H and O–H groups in total. The minimum Gasteiger partial charge on any atom is -0.236 e. The van der Waals surface area contributed by atoms with E-state index in [-0.39, 0.29) is 0 Å². The summed E-state index contributed by atoms with van der Waals surface area (Å²) in [6.07, 6.45) is 8.38. The lowest BCUT2D eigenvalue weighted by Crippen LogP contribution is -2.01. The Morgan fingerprint density at radius 3 is 3.00 bits per heavy atom. The van der Waals surface area contributed by atoms with Gasteiger partial charge in [0.05, 0.1) is 4.90 Å². The van der Waals surface area contributed by atoms with Crippen LogP contribution in [0.5, 0.6) is 0 Å². The molecule has 0 bridgehead atoms. The first-order valence-electron chi connectivity index (χ1n) is 6.01. The Hall–Kier alpha value is -1.29. The van der Waals surface area contributed by atoms with E-state index in [1.54, 1.807) is 6.20 Å². The summed E-state index contributed by atoms with van der Waals surface area (Å²) in [7, 11) is 0. The van der Waals surface area contributed by atoms with Gasteiger partial charge in [-0.3, -0.25) is 0 Å². The molecule has 0 atom stereocenters. The second-order valence-electron chi connectivity index (χ2n) is 4.25. The molecular weight excluding hydrogens is 230 g/mol. The first-order chi connectivity index (χ1) is 8.38. The number of rotatable bonds is 4. The zero-order valence-corrected chi connectivity index (χ0v) is 10.7. The molecule has 4 heteroatoms. The third-order valence-electron chi connectivity index (χ3n) is 2.92. The molecule has 0 saturated heterocycles. The molecule has 1 fully saturated rings. The maximum absolute atomic E-state index is 4.58. The molecule has 0 amide bonds. The van der Waals surface area contributed by atoms with Crippen LogP contribution in [0.25, 0.3) is 5.82 Å². The van der Waals surface area contributed by atoms with E-state index in [1.165, 1.54) is 23.3 Å². The summed E-state index contributed by atoms with van der Waals surface area (Å²) >= 11 is 1.84. The lowest BCUT2D eigenvalue weighted by Gasteiger charge is -2.09. The van der Waals surface area contributed by atoms with Crippen LogP contribution in [0.3, 0.4) is 0 Å². The van der Waals surface area contributed by atoms with E-state index in [0.29, 0.717) is 0 Å². The monoisotopic (exact) mass is 245 g/mol. The summed E-state index contributed by atoms with van der Waals surface area (Å²) in [4.78, 5) is 5.82. The molecule has 2 heterocycles. The number of hydrogen-bond acceptors (Lipinski definition) is 3. The van der Waals surface area contributed by atoms with Gasteiger partial charge >= 0.3 is 0 Å². The van der Waals surface area contributed by atoms with E-state index in [0.717, 1.165) is 17.5 Å². The van der Waals surface area contributed by atoms with Crippen molar-refractivity contribution in [2.45, 2.75) is 30.6 Å². The second-order valence-corrected chi connectivity index (χ2v) is 5.55. The summed E-state index contributed by atoms with van der Waals surface area (Å²) in [5, 5.41) is 4.26. The summed E-state index contributed by atoms with van der Waals surface area (Å²) in [5.41, 5.74) is 1.39. The molecule has 2 aromatic heterocycles. The predicted molar refractivity (Wildman–Crippen MR) is 69.7 cm³/mol. The van der Waals surface area contributed by atoms with Gasteiger partial charge in [0.2, 0.25) is 0 Å². The van der Waals surface area contributed by atoms with Gasteiger partial charge in [0, 0.05) is 18.6 Å². The molecule has 1 saturated carbocycles. The van der Waals surface area contributed by atoms with Gasteiger partial charge < -0.3 is 0 Å². The lowest BCUT2D eigenvalue weighted by molar-refractivity contribution is 0.819. The number of thioether (sulfide) groups is 1. The lowest BCUT2D eigenvalue weighted by atomic mass is 10.2. The molecule has 88 valence electrons. The molecule has 3 nitrogen and oxygen atoms in total. The minimum absolute atomic E-state index is 0.755. The number of aromatic nitrogens is 3. The quantitative estimate of drug-likeness (QED) is 0.775. The standard InChI is InChI=1S/C13H15N3S/c1-2-17-12-8-11(10-4-5-10)9-14-13(12)16-7-3-6-15-16/h3,6-10H,2,4-5H2,1H3. The highest BCUT2D eigenvalue weighted by atomic mass is 32.2. The molecule has 2 aromatic rings. The van der Waals surface area contributed by atoms with Crippen LogP contribution in [0.2, 0.25) is 0 Å². The first kappa shape index (κ1) is 10.8. The highest BCUT2D eigenvalue weighted by molar-refractivity contribution is 7.99. The molecule has 0 spiro atoms. The van der Waals surface area contributed by atoms with Crippen LogP contribution in [0.4, 0.5) is 0 Å². The van der Waals surface area contributed by atoms with Gasteiger partial charge in [-0.2, -0.15) is 5.10 Å². The van der Waals surface area contributed by atoms with Gasteiger partial charge in [0.25, 0.3) is 0 Å². The maximum Gasteiger partial charge on any atom is 0.166 e. The summed E-state index contributed by atoms with van der Waals surface area (Å²) in [6.45, 7) is 2.17. The van der Waals surface area contributed by atoms with Crippen LogP contribution in [0, 0.1) is 0 Å². The minimum atomic E-state index is 0.755. The molecule has 17 heavy (non-hydrogen) atoms. The van der Waals surface area contributed by atoms with Crippen molar-refractivity contribution in [1.29, 1.82) is 0 Å². The average molecular weight is 245 g/mol. The summed E-state index contributed by atoms with van der Waals surface area (Å²) in [5.74, 6) is 2.76. The summed E-state index contributed by atoms with van der Waals surface area (Å²) in [6, 6.07) is 4.22. The fraction of sp³-hybridized carbons (Fsp3) is 0.385. The van der Waals surface area contributed by atoms with Crippen molar-refractivity contribution >= 4 is 11.8 Å². The van der Waals surface area contributed by atoms with Gasteiger partial charge in [0.1, 0.15) is 0 Å². The van der Waals surface area contributed by atoms with E-state index >= 15 is 0 Å². The molecule has 1 aliphatic carbocycles. The van der Waals surface area contributed by atoms with Crippen LogP contribution >= 0.6 is 11.8 Å². The van der Waals surface area contributed by atoms with Crippen molar-refractivity contribution in [3.8, 4) is 5.82 Å². The Kier molecular flexibility index (Phi) is 2.89. The van der Waals surface area contributed by atoms with Gasteiger partial charge in [-0.25, -0.2) is 9.67 Å². The van der Waals surface area contributed by atoms with Crippen molar-refractivity contribution in [3.05, 3.63) is 36.3 Å². The van der Waals surface area contributed by atoms with Crippen molar-refractivity contribution in [3.63, 3.8) is 0 Å². The predicted octanol–water partition coefficient (Wildman–Crippen LogP) is 3.26. The van der Waals surface area contributed by atoms with E-state index in [4.69, 9.17) is 0 Å². The first-order valence-corrected chi connectivity index (χ1v) is 7.00. The average Bonchev–Trinajstić information content (AvgIpc) is 3.06. The molecule has 0 aromatic carbocycles. The zero-order chi connectivity index (χ0) is 11.7. The van der Waals surface area contributed by atoms with Crippen LogP contribution in [-0.2, 0) is 0 Å². The van der Waals surface area contributed by atoms with Gasteiger partial charge in [-0.1, -0.05) is 6.92 Å². The molecule has 0 unspecified atom stereocenters. The van der Waals surface area contributed by atoms with Crippen molar-refractivity contribution < 1.29 is 0 Å². The third kappa shape index (κ3) is 2.22. The number of hydrogen-bond donors (Lipinski definition) is 0. The molecule has 0 radical (unpaired) electrons. The van der Waals surface area contributed by atoms with Crippen molar-refractivity contribution in [2.24, 2.45) is 0 Å². The van der Waals surface area contributed by atoms with Crippen molar-refractivity contribution in [2.75, 3.05) is 5.75 Å². The topological polar surface area (TPSA) is 30.7 Å². The van der Waals surface area contributed by atoms with E-state index in [9.17, 15) is 0 Å². The largest absolute Gasteiger partial charge is 0.236 e. The third-order valence-corrected chi connectivity index (χ3v) is 3.82. The Labute approximate surface area is 105 Å². The fourth-order valence-electron chi connectivity index (χ4n) is 1.92. The van der Waals surface area contributed by atoms with E-state index in [1.807, 2.05) is 34.9 Å². The Balaban J connectivity index is 2.01. The zero-order valence-electron chi connectivity index (χ0n) is 9.84. The fourth-order valence-corrected chi connectivity index (χ4v) is 2.73. The van der Waals surface area contributed by atoms with E-state index < -0.39 is 0 Å². The Bertz CT molecular complexity index is 503. The smallest absolute Gasteiger partial charge is 0.166 e. The molecule has 1 aliphatic rings. The second kappa shape index (κ2) is 4.53. The van der Waals surface area contributed by atoms with Gasteiger partial charge in [-0.05, 0) is 42.2 Å². The van der Waals surface area contributed by atoms with Crippen LogP contribution < -0.4 is 0 Å². The molecule has 0 aliphatic heterocycles. The van der Waals surface area contributed by atoms with Gasteiger partial charge in [-0.15, -0.1) is 11.8 Å². The SMILES string of the molecule is CCSc1cc(C2CC2)cnc1-n1cccn1. The Morgan fingerprint density at radius 2 is 2.35 bits per heavy atom. The normalized spacial score (nSPS) is 15.1. The molecular formula is C13H15N3S. The van der Waals surface area contributed by atoms with E-state index in [2.05, 4.69) is 23.1 Å². The van der Waals surface area contributed by atoms with Crippen molar-refractivity contribution in [1.82, 2.24) is 14.8 Å². The number of nitrogens with zero attached hydrogens (tertiary/aromatic N) is 3. The highest BCUT2D eigenvalue weighted by Gasteiger charge is 2.24.